The molecule has 0 atom stereocenters. The Morgan fingerprint density at radius 2 is 1.82 bits per heavy atom. The van der Waals surface area contributed by atoms with Crippen LogP contribution in [0.5, 0.6) is 0 Å². The van der Waals surface area contributed by atoms with Crippen LogP contribution in [0.15, 0.2) is 60.9 Å². The van der Waals surface area contributed by atoms with Gasteiger partial charge in [0.15, 0.2) is 0 Å². The molecule has 0 unspecified atom stereocenters. The van der Waals surface area contributed by atoms with Crippen molar-refractivity contribution in [2.75, 3.05) is 11.9 Å². The lowest BCUT2D eigenvalue weighted by atomic mass is 10.1. The molecule has 0 spiro atoms. The van der Waals surface area contributed by atoms with Crippen LogP contribution in [0.1, 0.15) is 27.0 Å². The van der Waals surface area contributed by atoms with Gasteiger partial charge in [0.2, 0.25) is 0 Å². The van der Waals surface area contributed by atoms with Crippen molar-refractivity contribution in [3.63, 3.8) is 0 Å². The molecular formula is C22H19Cl2N3O. The van der Waals surface area contributed by atoms with Crippen molar-refractivity contribution >= 4 is 34.8 Å². The van der Waals surface area contributed by atoms with Crippen LogP contribution in [0, 0.1) is 0 Å². The molecule has 1 aliphatic heterocycles. The summed E-state index contributed by atoms with van der Waals surface area (Å²) >= 11 is 12.1. The van der Waals surface area contributed by atoms with Crippen molar-refractivity contribution in [1.82, 2.24) is 9.88 Å². The Balaban J connectivity index is 1.45. The van der Waals surface area contributed by atoms with Gasteiger partial charge in [0.25, 0.3) is 5.91 Å². The molecule has 0 radical (unpaired) electrons. The summed E-state index contributed by atoms with van der Waals surface area (Å²) in [4.78, 5) is 18.9. The van der Waals surface area contributed by atoms with Crippen LogP contribution >= 0.6 is 23.2 Å². The van der Waals surface area contributed by atoms with Gasteiger partial charge in [-0.2, -0.15) is 0 Å². The van der Waals surface area contributed by atoms with Gasteiger partial charge in [0.1, 0.15) is 0 Å². The maximum Gasteiger partial charge on any atom is 0.256 e. The van der Waals surface area contributed by atoms with E-state index < -0.39 is 0 Å². The molecule has 0 fully saturated rings. The zero-order valence-corrected chi connectivity index (χ0v) is 16.7. The van der Waals surface area contributed by atoms with E-state index in [0.717, 1.165) is 34.4 Å². The summed E-state index contributed by atoms with van der Waals surface area (Å²) in [6.45, 7) is 1.91. The molecule has 1 N–H and O–H groups in total. The second-order valence-electron chi connectivity index (χ2n) is 6.77. The van der Waals surface area contributed by atoms with E-state index in [2.05, 4.69) is 10.3 Å². The van der Waals surface area contributed by atoms with Gasteiger partial charge in [-0.3, -0.25) is 9.78 Å². The Kier molecular flexibility index (Phi) is 5.51. The molecule has 1 amide bonds. The number of benzene rings is 2. The molecule has 3 aromatic rings. The topological polar surface area (TPSA) is 45.2 Å². The number of carbonyl (C=O) groups excluding carboxylic acids is 1. The van der Waals surface area contributed by atoms with Crippen LogP contribution < -0.4 is 5.32 Å². The fourth-order valence-electron chi connectivity index (χ4n) is 3.41. The Morgan fingerprint density at radius 3 is 2.61 bits per heavy atom. The van der Waals surface area contributed by atoms with Crippen LogP contribution in [0.3, 0.4) is 0 Å². The normalized spacial score (nSPS) is 12.9. The number of anilines is 1. The Labute approximate surface area is 174 Å². The molecule has 0 bridgehead atoms. The molecule has 0 saturated heterocycles. The van der Waals surface area contributed by atoms with Gasteiger partial charge < -0.3 is 10.2 Å². The summed E-state index contributed by atoms with van der Waals surface area (Å²) in [6, 6.07) is 15.5. The first-order valence-corrected chi connectivity index (χ1v) is 9.85. The summed E-state index contributed by atoms with van der Waals surface area (Å²) in [5.41, 5.74) is 4.88. The van der Waals surface area contributed by atoms with E-state index in [1.54, 1.807) is 18.5 Å². The number of fused-ring (bicyclic) bond motifs is 1. The average Bonchev–Trinajstić information content (AvgIpc) is 3.04. The standard InChI is InChI=1S/C22H19Cl2N3O/c23-18-5-4-15(12-19(18)24)8-11-27-14-17-2-1-3-20(21(17)22(27)28)26-13-16-6-9-25-10-7-16/h1-7,9-10,12,26H,8,11,13-14H2. The molecule has 0 aliphatic carbocycles. The predicted molar refractivity (Wildman–Crippen MR) is 113 cm³/mol. The van der Waals surface area contributed by atoms with E-state index in [-0.39, 0.29) is 5.91 Å². The lowest BCUT2D eigenvalue weighted by molar-refractivity contribution is 0.0781. The molecule has 142 valence electrons. The first-order chi connectivity index (χ1) is 13.6. The van der Waals surface area contributed by atoms with Crippen molar-refractivity contribution in [2.24, 2.45) is 0 Å². The number of hydrogen-bond acceptors (Lipinski definition) is 3. The SMILES string of the molecule is O=C1c2c(cccc2NCc2ccncc2)CN1CCc1ccc(Cl)c(Cl)c1. The number of aromatic nitrogens is 1. The van der Waals surface area contributed by atoms with E-state index in [1.807, 2.05) is 47.4 Å². The molecule has 2 aromatic carbocycles. The summed E-state index contributed by atoms with van der Waals surface area (Å²) in [7, 11) is 0. The van der Waals surface area contributed by atoms with Crippen LogP contribution in [-0.4, -0.2) is 22.3 Å². The highest BCUT2D eigenvalue weighted by molar-refractivity contribution is 6.42. The predicted octanol–water partition coefficient (Wildman–Crippen LogP) is 5.20. The second-order valence-corrected chi connectivity index (χ2v) is 7.59. The van der Waals surface area contributed by atoms with E-state index in [9.17, 15) is 4.79 Å². The third-order valence-corrected chi connectivity index (χ3v) is 5.64. The van der Waals surface area contributed by atoms with Gasteiger partial charge in [-0.05, 0) is 53.4 Å². The Morgan fingerprint density at radius 1 is 1.00 bits per heavy atom. The fourth-order valence-corrected chi connectivity index (χ4v) is 3.73. The summed E-state index contributed by atoms with van der Waals surface area (Å²) in [6.07, 6.45) is 4.26. The third kappa shape index (κ3) is 3.98. The third-order valence-electron chi connectivity index (χ3n) is 4.90. The van der Waals surface area contributed by atoms with Gasteiger partial charge in [0.05, 0.1) is 15.6 Å². The summed E-state index contributed by atoms with van der Waals surface area (Å²) in [5, 5.41) is 4.47. The van der Waals surface area contributed by atoms with E-state index in [0.29, 0.717) is 29.7 Å². The van der Waals surface area contributed by atoms with E-state index >= 15 is 0 Å². The smallest absolute Gasteiger partial charge is 0.256 e. The summed E-state index contributed by atoms with van der Waals surface area (Å²) < 4.78 is 0. The highest BCUT2D eigenvalue weighted by Gasteiger charge is 2.29. The number of amides is 1. The van der Waals surface area contributed by atoms with Crippen molar-refractivity contribution in [3.8, 4) is 0 Å². The minimum atomic E-state index is 0.0629. The van der Waals surface area contributed by atoms with Crippen LogP contribution in [0.25, 0.3) is 0 Å². The molecule has 4 rings (SSSR count). The van der Waals surface area contributed by atoms with Gasteiger partial charge in [0, 0.05) is 37.7 Å². The average molecular weight is 412 g/mol. The van der Waals surface area contributed by atoms with Crippen molar-refractivity contribution in [1.29, 1.82) is 0 Å². The Hall–Kier alpha value is -2.56. The highest BCUT2D eigenvalue weighted by atomic mass is 35.5. The number of nitrogens with zero attached hydrogens (tertiary/aromatic N) is 2. The lowest BCUT2D eigenvalue weighted by Crippen LogP contribution is -2.26. The van der Waals surface area contributed by atoms with Crippen LogP contribution in [0.2, 0.25) is 10.0 Å². The molecule has 1 aliphatic rings. The minimum absolute atomic E-state index is 0.0629. The maximum absolute atomic E-state index is 13.0. The van der Waals surface area contributed by atoms with Gasteiger partial charge in [-0.15, -0.1) is 0 Å². The summed E-state index contributed by atoms with van der Waals surface area (Å²) in [5.74, 6) is 0.0629. The highest BCUT2D eigenvalue weighted by Crippen LogP contribution is 2.30. The maximum atomic E-state index is 13.0. The van der Waals surface area contributed by atoms with E-state index in [4.69, 9.17) is 23.2 Å². The van der Waals surface area contributed by atoms with Gasteiger partial charge >= 0.3 is 0 Å². The molecule has 6 heteroatoms. The second kappa shape index (κ2) is 8.21. The van der Waals surface area contributed by atoms with Crippen molar-refractivity contribution < 1.29 is 4.79 Å². The number of halogens is 2. The van der Waals surface area contributed by atoms with E-state index in [1.165, 1.54) is 0 Å². The van der Waals surface area contributed by atoms with Gasteiger partial charge in [-0.1, -0.05) is 41.4 Å². The van der Waals surface area contributed by atoms with Crippen molar-refractivity contribution in [3.05, 3.63) is 93.2 Å². The number of carbonyl (C=O) groups is 1. The zero-order valence-electron chi connectivity index (χ0n) is 15.2. The lowest BCUT2D eigenvalue weighted by Gasteiger charge is -2.16. The Bertz CT molecular complexity index is 1010. The first-order valence-electron chi connectivity index (χ1n) is 9.09. The zero-order chi connectivity index (χ0) is 19.5. The molecule has 1 aromatic heterocycles. The number of hydrogen-bond donors (Lipinski definition) is 1. The minimum Gasteiger partial charge on any atom is -0.380 e. The van der Waals surface area contributed by atoms with Gasteiger partial charge in [-0.25, -0.2) is 0 Å². The molecule has 2 heterocycles. The number of rotatable bonds is 6. The molecular weight excluding hydrogens is 393 g/mol. The monoisotopic (exact) mass is 411 g/mol. The largest absolute Gasteiger partial charge is 0.380 e. The first kappa shape index (κ1) is 18.8. The molecule has 28 heavy (non-hydrogen) atoms. The number of pyridine rings is 1. The molecule has 0 saturated carbocycles. The fraction of sp³-hybridized carbons (Fsp3) is 0.182. The molecule has 4 nitrogen and oxygen atoms in total. The van der Waals surface area contributed by atoms with Crippen molar-refractivity contribution in [2.45, 2.75) is 19.5 Å². The van der Waals surface area contributed by atoms with Crippen LogP contribution in [0.4, 0.5) is 5.69 Å². The van der Waals surface area contributed by atoms with Crippen LogP contribution in [-0.2, 0) is 19.5 Å². The number of nitrogens with one attached hydrogen (secondary N) is 1. The quantitative estimate of drug-likeness (QED) is 0.606.